The minimum absolute atomic E-state index is 0.0866. The molecule has 0 aromatic heterocycles. The number of aryl methyl sites for hydroxylation is 1. The highest BCUT2D eigenvalue weighted by molar-refractivity contribution is 6.21. The maximum absolute atomic E-state index is 14.9. The summed E-state index contributed by atoms with van der Waals surface area (Å²) >= 11 is 0. The molecule has 4 aliphatic rings. The Morgan fingerprint density at radius 2 is 1.62 bits per heavy atom. The monoisotopic (exact) mass is 527 g/mol. The average molecular weight is 528 g/mol. The summed E-state index contributed by atoms with van der Waals surface area (Å²) in [5, 5.41) is 8.35. The van der Waals surface area contributed by atoms with Crippen molar-refractivity contribution in [3.05, 3.63) is 107 Å². The molecule has 0 aliphatic carbocycles. The first-order valence-electron chi connectivity index (χ1n) is 14.0. The summed E-state index contributed by atoms with van der Waals surface area (Å²) in [7, 11) is 0. The molecule has 6 nitrogen and oxygen atoms in total. The number of carbonyl (C=O) groups excluding carboxylic acids is 3. The van der Waals surface area contributed by atoms with Gasteiger partial charge in [-0.15, -0.1) is 0 Å². The molecule has 4 heterocycles. The number of nitrogens with one attached hydrogen (secondary N) is 2. The van der Waals surface area contributed by atoms with Crippen LogP contribution in [-0.4, -0.2) is 35.1 Å². The Morgan fingerprint density at radius 3 is 2.48 bits per heavy atom. The van der Waals surface area contributed by atoms with Crippen LogP contribution in [-0.2, 0) is 20.5 Å². The van der Waals surface area contributed by atoms with Gasteiger partial charge in [0.25, 0.3) is 5.91 Å². The quantitative estimate of drug-likeness (QED) is 0.339. The van der Waals surface area contributed by atoms with E-state index < -0.39 is 16.9 Å². The van der Waals surface area contributed by atoms with E-state index >= 15 is 0 Å². The summed E-state index contributed by atoms with van der Waals surface area (Å²) in [4.78, 5) is 46.4. The van der Waals surface area contributed by atoms with E-state index in [4.69, 9.17) is 0 Å². The van der Waals surface area contributed by atoms with E-state index in [1.54, 1.807) is 0 Å². The molecule has 0 radical (unpaired) electrons. The van der Waals surface area contributed by atoms with Gasteiger partial charge in [0.1, 0.15) is 11.0 Å². The molecule has 4 atom stereocenters. The molecule has 8 rings (SSSR count). The fourth-order valence-corrected chi connectivity index (χ4v) is 8.42. The van der Waals surface area contributed by atoms with E-state index in [1.807, 2.05) is 92.7 Å². The number of Topliss-reactive ketones (excluding diaryl/α,β-unsaturated/α-hetero) is 1. The lowest BCUT2D eigenvalue weighted by Crippen LogP contribution is -2.62. The summed E-state index contributed by atoms with van der Waals surface area (Å²) in [6.07, 6.45) is 1.61. The first kappa shape index (κ1) is 23.6. The molecule has 198 valence electrons. The van der Waals surface area contributed by atoms with Crippen molar-refractivity contribution in [3.8, 4) is 0 Å². The summed E-state index contributed by atoms with van der Waals surface area (Å²) in [6.45, 7) is 4.68. The van der Waals surface area contributed by atoms with Gasteiger partial charge in [0, 0.05) is 28.5 Å². The average Bonchev–Trinajstić information content (AvgIpc) is 3.69. The number of hydrogen-bond donors (Lipinski definition) is 2. The van der Waals surface area contributed by atoms with E-state index in [9.17, 15) is 14.4 Å². The van der Waals surface area contributed by atoms with Crippen molar-refractivity contribution in [3.63, 3.8) is 0 Å². The van der Waals surface area contributed by atoms with Crippen molar-refractivity contribution >= 4 is 39.7 Å². The number of nitrogens with zero attached hydrogens (tertiary/aromatic N) is 1. The SMILES string of the molecule is Cc1ccc2c(c1C)NC(=O)[C@@]21N2CCC[C@@H]2[C@H](C(=O)c2ccc3ccccc3c2)[C@]12C(=O)Nc1ccccc12. The summed E-state index contributed by atoms with van der Waals surface area (Å²) in [6, 6.07) is 25.1. The van der Waals surface area contributed by atoms with Crippen LogP contribution in [0.15, 0.2) is 78.9 Å². The number of benzene rings is 4. The number of fused-ring (bicyclic) bond motifs is 8. The van der Waals surface area contributed by atoms with Crippen LogP contribution in [0.3, 0.4) is 0 Å². The summed E-state index contributed by atoms with van der Waals surface area (Å²) in [5.74, 6) is -1.32. The predicted octanol–water partition coefficient (Wildman–Crippen LogP) is 5.47. The second-order valence-electron chi connectivity index (χ2n) is 11.7. The van der Waals surface area contributed by atoms with Crippen LogP contribution < -0.4 is 10.6 Å². The van der Waals surface area contributed by atoms with Crippen LogP contribution in [0, 0.1) is 19.8 Å². The van der Waals surface area contributed by atoms with Crippen LogP contribution in [0.25, 0.3) is 10.8 Å². The smallest absolute Gasteiger partial charge is 0.251 e. The van der Waals surface area contributed by atoms with Gasteiger partial charge in [-0.1, -0.05) is 66.7 Å². The Labute approximate surface area is 232 Å². The van der Waals surface area contributed by atoms with Gasteiger partial charge in [-0.25, -0.2) is 0 Å². The fraction of sp³-hybridized carbons (Fsp3) is 0.265. The molecule has 40 heavy (non-hydrogen) atoms. The Balaban J connectivity index is 1.46. The van der Waals surface area contributed by atoms with Crippen molar-refractivity contribution in [2.24, 2.45) is 5.92 Å². The number of anilines is 2. The van der Waals surface area contributed by atoms with Gasteiger partial charge in [-0.3, -0.25) is 19.3 Å². The normalized spacial score (nSPS) is 28.1. The zero-order valence-electron chi connectivity index (χ0n) is 22.5. The van der Waals surface area contributed by atoms with Gasteiger partial charge in [0.05, 0.1) is 5.92 Å². The maximum Gasteiger partial charge on any atom is 0.251 e. The third kappa shape index (κ3) is 2.56. The van der Waals surface area contributed by atoms with E-state index in [0.29, 0.717) is 17.8 Å². The van der Waals surface area contributed by atoms with Gasteiger partial charge < -0.3 is 10.6 Å². The topological polar surface area (TPSA) is 78.5 Å². The summed E-state index contributed by atoms with van der Waals surface area (Å²) < 4.78 is 0. The molecular formula is C34H29N3O3. The van der Waals surface area contributed by atoms with Crippen molar-refractivity contribution in [1.29, 1.82) is 0 Å². The first-order chi connectivity index (χ1) is 19.4. The molecule has 2 saturated heterocycles. The van der Waals surface area contributed by atoms with E-state index in [2.05, 4.69) is 15.5 Å². The van der Waals surface area contributed by atoms with Crippen LogP contribution in [0.5, 0.6) is 0 Å². The zero-order chi connectivity index (χ0) is 27.4. The molecule has 2 N–H and O–H groups in total. The number of amides is 2. The molecule has 4 aromatic rings. The maximum atomic E-state index is 14.9. The molecule has 0 unspecified atom stereocenters. The van der Waals surface area contributed by atoms with E-state index in [0.717, 1.165) is 51.6 Å². The van der Waals surface area contributed by atoms with Gasteiger partial charge >= 0.3 is 0 Å². The molecule has 0 saturated carbocycles. The molecular weight excluding hydrogens is 498 g/mol. The molecule has 4 aliphatic heterocycles. The van der Waals surface area contributed by atoms with Crippen molar-refractivity contribution in [2.75, 3.05) is 17.2 Å². The highest BCUT2D eigenvalue weighted by Crippen LogP contribution is 2.68. The third-order valence-electron chi connectivity index (χ3n) is 10.1. The second kappa shape index (κ2) is 7.89. The van der Waals surface area contributed by atoms with Crippen molar-refractivity contribution in [1.82, 2.24) is 4.90 Å². The van der Waals surface area contributed by atoms with Gasteiger partial charge in [0.15, 0.2) is 5.78 Å². The van der Waals surface area contributed by atoms with Crippen LogP contribution >= 0.6 is 0 Å². The van der Waals surface area contributed by atoms with Gasteiger partial charge in [-0.05, 0) is 72.8 Å². The lowest BCUT2D eigenvalue weighted by molar-refractivity contribution is -0.137. The van der Waals surface area contributed by atoms with Crippen molar-refractivity contribution < 1.29 is 14.4 Å². The molecule has 2 amide bonds. The van der Waals surface area contributed by atoms with Crippen molar-refractivity contribution in [2.45, 2.75) is 43.7 Å². The predicted molar refractivity (Wildman–Crippen MR) is 154 cm³/mol. The highest BCUT2D eigenvalue weighted by Gasteiger charge is 2.81. The fourth-order valence-electron chi connectivity index (χ4n) is 8.42. The third-order valence-corrected chi connectivity index (χ3v) is 10.1. The minimum Gasteiger partial charge on any atom is -0.325 e. The molecule has 2 fully saturated rings. The van der Waals surface area contributed by atoms with Crippen LogP contribution in [0.4, 0.5) is 11.4 Å². The largest absolute Gasteiger partial charge is 0.325 e. The number of ketones is 1. The zero-order valence-corrected chi connectivity index (χ0v) is 22.5. The Morgan fingerprint density at radius 1 is 0.850 bits per heavy atom. The van der Waals surface area contributed by atoms with Crippen LogP contribution in [0.1, 0.15) is 45.5 Å². The molecule has 2 spiro atoms. The van der Waals surface area contributed by atoms with Crippen LogP contribution in [0.2, 0.25) is 0 Å². The van der Waals surface area contributed by atoms with Gasteiger partial charge in [0.2, 0.25) is 5.91 Å². The molecule has 0 bridgehead atoms. The number of hydrogen-bond acceptors (Lipinski definition) is 4. The molecule has 4 aromatic carbocycles. The summed E-state index contributed by atoms with van der Waals surface area (Å²) in [5.41, 5.74) is 2.85. The number of para-hydroxylation sites is 1. The lowest BCUT2D eigenvalue weighted by Gasteiger charge is -2.43. The van der Waals surface area contributed by atoms with E-state index in [1.165, 1.54) is 0 Å². The standard InChI is InChI=1S/C34H29N3O3/c1-19-13-16-25-29(20(19)2)36-32(40)34(25)33(24-10-5-6-11-26(24)35-31(33)39)28(27-12-7-17-37(27)34)30(38)23-15-14-21-8-3-4-9-22(21)18-23/h3-6,8-11,13-16,18,27-28H,7,12,17H2,1-2H3,(H,35,39)(H,36,40)/t27-,28-,33-,34+/m1/s1. The highest BCUT2D eigenvalue weighted by atomic mass is 16.2. The Kier molecular flexibility index (Phi) is 4.65. The molecule has 6 heteroatoms. The number of rotatable bonds is 2. The van der Waals surface area contributed by atoms with E-state index in [-0.39, 0.29) is 23.6 Å². The Hall–Kier alpha value is -4.29. The second-order valence-corrected chi connectivity index (χ2v) is 11.7. The minimum atomic E-state index is -1.42. The van der Waals surface area contributed by atoms with Gasteiger partial charge in [-0.2, -0.15) is 0 Å². The number of carbonyl (C=O) groups is 3. The Bertz CT molecular complexity index is 1810. The lowest BCUT2D eigenvalue weighted by atomic mass is 9.57. The first-order valence-corrected chi connectivity index (χ1v) is 14.0.